The Hall–Kier alpha value is -1.71. The zero-order valence-corrected chi connectivity index (χ0v) is 11.3. The van der Waals surface area contributed by atoms with E-state index in [1.54, 1.807) is 7.11 Å². The molecule has 1 aromatic carbocycles. The van der Waals surface area contributed by atoms with Crippen molar-refractivity contribution < 1.29 is 9.47 Å². The van der Waals surface area contributed by atoms with Crippen LogP contribution in [0, 0.1) is 10.8 Å². The molecule has 0 radical (unpaired) electrons. The number of hydrogen-bond donors (Lipinski definition) is 2. The number of nitrogens with two attached hydrogens (primary N) is 1. The van der Waals surface area contributed by atoms with E-state index < -0.39 is 0 Å². The Balaban J connectivity index is 2.36. The highest BCUT2D eigenvalue weighted by atomic mass is 16.5. The summed E-state index contributed by atoms with van der Waals surface area (Å²) in [5.74, 6) is 1.82. The minimum Gasteiger partial charge on any atom is -0.497 e. The normalized spacial score (nSPS) is 11.1. The number of amidine groups is 1. The van der Waals surface area contributed by atoms with Crippen molar-refractivity contribution in [2.45, 2.75) is 26.7 Å². The molecule has 4 heteroatoms. The van der Waals surface area contributed by atoms with Crippen molar-refractivity contribution in [1.82, 2.24) is 0 Å². The molecule has 3 N–H and O–H groups in total. The maximum atomic E-state index is 7.47. The molecule has 0 aliphatic rings. The molecule has 0 heterocycles. The molecule has 4 nitrogen and oxygen atoms in total. The predicted octanol–water partition coefficient (Wildman–Crippen LogP) is 2.82. The zero-order chi connectivity index (χ0) is 13.6. The average molecular weight is 250 g/mol. The lowest BCUT2D eigenvalue weighted by Crippen LogP contribution is -2.31. The number of rotatable bonds is 7. The summed E-state index contributed by atoms with van der Waals surface area (Å²) in [4.78, 5) is 0. The molecule has 0 saturated heterocycles. The van der Waals surface area contributed by atoms with E-state index in [-0.39, 0.29) is 11.3 Å². The third-order valence-electron chi connectivity index (χ3n) is 2.99. The van der Waals surface area contributed by atoms with Crippen LogP contribution in [0.15, 0.2) is 24.3 Å². The van der Waals surface area contributed by atoms with Gasteiger partial charge in [-0.15, -0.1) is 0 Å². The average Bonchev–Trinajstić information content (AvgIpc) is 2.35. The van der Waals surface area contributed by atoms with Gasteiger partial charge in [0.2, 0.25) is 0 Å². The predicted molar refractivity (Wildman–Crippen MR) is 73.4 cm³/mol. The second-order valence-electron chi connectivity index (χ2n) is 4.93. The molecule has 18 heavy (non-hydrogen) atoms. The lowest BCUT2D eigenvalue weighted by atomic mass is 9.87. The van der Waals surface area contributed by atoms with Crippen LogP contribution in [-0.2, 0) is 0 Å². The van der Waals surface area contributed by atoms with Gasteiger partial charge in [0.05, 0.1) is 19.6 Å². The fourth-order valence-corrected chi connectivity index (χ4v) is 1.53. The van der Waals surface area contributed by atoms with Gasteiger partial charge >= 0.3 is 0 Å². The Bertz CT molecular complexity index is 403. The largest absolute Gasteiger partial charge is 0.497 e. The third kappa shape index (κ3) is 4.28. The van der Waals surface area contributed by atoms with Gasteiger partial charge in [0.1, 0.15) is 11.5 Å². The quantitative estimate of drug-likeness (QED) is 0.444. The van der Waals surface area contributed by atoms with Crippen LogP contribution in [0.4, 0.5) is 0 Å². The van der Waals surface area contributed by atoms with Crippen molar-refractivity contribution in [1.29, 1.82) is 5.41 Å². The van der Waals surface area contributed by atoms with Crippen molar-refractivity contribution in [3.63, 3.8) is 0 Å². The summed E-state index contributed by atoms with van der Waals surface area (Å²) in [6.07, 6.45) is 1.70. The number of nitrogens with one attached hydrogen (secondary N) is 1. The van der Waals surface area contributed by atoms with Gasteiger partial charge < -0.3 is 15.2 Å². The number of ether oxygens (including phenoxy) is 2. The number of benzene rings is 1. The summed E-state index contributed by atoms with van der Waals surface area (Å²) < 4.78 is 10.8. The molecule has 0 saturated carbocycles. The molecule has 1 aromatic rings. The smallest absolute Gasteiger partial charge is 0.122 e. The molecule has 0 aliphatic carbocycles. The molecule has 1 rings (SSSR count). The maximum Gasteiger partial charge on any atom is 0.122 e. The fraction of sp³-hybridized carbons (Fsp3) is 0.500. The van der Waals surface area contributed by atoms with E-state index in [4.69, 9.17) is 20.6 Å². The Morgan fingerprint density at radius 2 is 2.00 bits per heavy atom. The van der Waals surface area contributed by atoms with Crippen LogP contribution in [0.25, 0.3) is 0 Å². The minimum absolute atomic E-state index is 0.226. The lowest BCUT2D eigenvalue weighted by Gasteiger charge is -2.22. The first-order valence-electron chi connectivity index (χ1n) is 6.07. The Morgan fingerprint density at radius 3 is 2.61 bits per heavy atom. The van der Waals surface area contributed by atoms with Crippen molar-refractivity contribution in [3.05, 3.63) is 24.3 Å². The van der Waals surface area contributed by atoms with Crippen molar-refractivity contribution in [2.75, 3.05) is 13.7 Å². The summed E-state index contributed by atoms with van der Waals surface area (Å²) >= 11 is 0. The summed E-state index contributed by atoms with van der Waals surface area (Å²) in [6, 6.07) is 7.54. The summed E-state index contributed by atoms with van der Waals surface area (Å²) in [5, 5.41) is 7.47. The van der Waals surface area contributed by atoms with Crippen LogP contribution in [0.1, 0.15) is 26.7 Å². The molecule has 0 aliphatic heterocycles. The van der Waals surface area contributed by atoms with Gasteiger partial charge in [0.15, 0.2) is 0 Å². The van der Waals surface area contributed by atoms with Gasteiger partial charge in [-0.05, 0) is 25.0 Å². The van der Waals surface area contributed by atoms with Gasteiger partial charge in [0.25, 0.3) is 0 Å². The number of methoxy groups -OCH3 is 1. The Morgan fingerprint density at radius 1 is 1.33 bits per heavy atom. The second-order valence-corrected chi connectivity index (χ2v) is 4.93. The molecule has 100 valence electrons. The molecule has 0 unspecified atom stereocenters. The van der Waals surface area contributed by atoms with Crippen LogP contribution >= 0.6 is 0 Å². The SMILES string of the molecule is COc1cccc(OCCCC(C)(C)C(=N)N)c1. The van der Waals surface area contributed by atoms with E-state index in [9.17, 15) is 0 Å². The van der Waals surface area contributed by atoms with Crippen LogP contribution in [0.2, 0.25) is 0 Å². The lowest BCUT2D eigenvalue weighted by molar-refractivity contribution is 0.285. The molecule has 0 fully saturated rings. The van der Waals surface area contributed by atoms with E-state index in [2.05, 4.69) is 0 Å². The van der Waals surface area contributed by atoms with Crippen molar-refractivity contribution in [2.24, 2.45) is 11.1 Å². The van der Waals surface area contributed by atoms with Gasteiger partial charge in [-0.3, -0.25) is 5.41 Å². The highest BCUT2D eigenvalue weighted by molar-refractivity contribution is 5.82. The van der Waals surface area contributed by atoms with E-state index in [1.807, 2.05) is 38.1 Å². The van der Waals surface area contributed by atoms with Crippen molar-refractivity contribution >= 4 is 5.84 Å². The molecular weight excluding hydrogens is 228 g/mol. The van der Waals surface area contributed by atoms with E-state index in [0.29, 0.717) is 6.61 Å². The Labute approximate surface area is 109 Å². The van der Waals surface area contributed by atoms with Gasteiger partial charge in [0, 0.05) is 11.5 Å². The molecule has 0 amide bonds. The van der Waals surface area contributed by atoms with E-state index in [0.717, 1.165) is 24.3 Å². The molecule has 0 atom stereocenters. The van der Waals surface area contributed by atoms with Gasteiger partial charge in [-0.2, -0.15) is 0 Å². The van der Waals surface area contributed by atoms with Crippen LogP contribution in [-0.4, -0.2) is 19.6 Å². The van der Waals surface area contributed by atoms with Crippen molar-refractivity contribution in [3.8, 4) is 11.5 Å². The zero-order valence-electron chi connectivity index (χ0n) is 11.3. The topological polar surface area (TPSA) is 68.3 Å². The molecule has 0 bridgehead atoms. The van der Waals surface area contributed by atoms with Crippen LogP contribution in [0.3, 0.4) is 0 Å². The fourth-order valence-electron chi connectivity index (χ4n) is 1.53. The minimum atomic E-state index is -0.252. The first-order valence-corrected chi connectivity index (χ1v) is 6.07. The third-order valence-corrected chi connectivity index (χ3v) is 2.99. The van der Waals surface area contributed by atoms with Crippen LogP contribution in [0.5, 0.6) is 11.5 Å². The number of hydrogen-bond acceptors (Lipinski definition) is 3. The summed E-state index contributed by atoms with van der Waals surface area (Å²) in [6.45, 7) is 4.56. The molecule has 0 aromatic heterocycles. The monoisotopic (exact) mass is 250 g/mol. The molecule has 0 spiro atoms. The summed E-state index contributed by atoms with van der Waals surface area (Å²) in [7, 11) is 1.63. The maximum absolute atomic E-state index is 7.47. The highest BCUT2D eigenvalue weighted by Gasteiger charge is 2.20. The second kappa shape index (κ2) is 6.28. The Kier molecular flexibility index (Phi) is 5.01. The van der Waals surface area contributed by atoms with Gasteiger partial charge in [-0.25, -0.2) is 0 Å². The van der Waals surface area contributed by atoms with E-state index in [1.165, 1.54) is 0 Å². The van der Waals surface area contributed by atoms with Crippen LogP contribution < -0.4 is 15.2 Å². The highest BCUT2D eigenvalue weighted by Crippen LogP contribution is 2.23. The standard InChI is InChI=1S/C14H22N2O2/c1-14(2,13(15)16)8-5-9-18-12-7-4-6-11(10-12)17-3/h4,6-7,10H,5,8-9H2,1-3H3,(H3,15,16). The van der Waals surface area contributed by atoms with E-state index >= 15 is 0 Å². The molecular formula is C14H22N2O2. The van der Waals surface area contributed by atoms with Gasteiger partial charge in [-0.1, -0.05) is 19.9 Å². The first kappa shape index (κ1) is 14.4. The summed E-state index contributed by atoms with van der Waals surface area (Å²) in [5.41, 5.74) is 5.28. The first-order chi connectivity index (χ1) is 8.45.